The summed E-state index contributed by atoms with van der Waals surface area (Å²) in [4.78, 5) is 0. The fourth-order valence-corrected chi connectivity index (χ4v) is 0.826. The van der Waals surface area contributed by atoms with Gasteiger partial charge in [-0.25, -0.2) is 0 Å². The van der Waals surface area contributed by atoms with Crippen molar-refractivity contribution in [1.82, 2.24) is 0 Å². The van der Waals surface area contributed by atoms with Gasteiger partial charge in [0.15, 0.2) is 0 Å². The summed E-state index contributed by atoms with van der Waals surface area (Å²) in [6, 6.07) is 0. The van der Waals surface area contributed by atoms with Gasteiger partial charge in [-0.3, -0.25) is 0 Å². The van der Waals surface area contributed by atoms with Crippen LogP contribution in [0.4, 0.5) is 0 Å². The summed E-state index contributed by atoms with van der Waals surface area (Å²) in [7, 11) is 0. The van der Waals surface area contributed by atoms with E-state index in [2.05, 4.69) is 26.5 Å². The van der Waals surface area contributed by atoms with Crippen molar-refractivity contribution in [2.45, 2.75) is 44.8 Å². The molecule has 0 spiro atoms. The number of unbranched alkanes of at least 4 members (excludes halogenated alkanes) is 1. The lowest BCUT2D eigenvalue weighted by atomic mass is 10.2. The van der Waals surface area contributed by atoms with Crippen LogP contribution in [0, 0.1) is 0 Å². The molecule has 0 nitrogen and oxygen atoms in total. The fourth-order valence-electron chi connectivity index (χ4n) is 0.644. The zero-order valence-electron chi connectivity index (χ0n) is 5.85. The van der Waals surface area contributed by atoms with Gasteiger partial charge in [-0.05, 0) is 12.8 Å². The highest BCUT2D eigenvalue weighted by Gasteiger charge is 1.95. The van der Waals surface area contributed by atoms with Gasteiger partial charge in [-0.1, -0.05) is 26.7 Å². The Bertz CT molecular complexity index is 43.7. The van der Waals surface area contributed by atoms with Crippen LogP contribution in [0.25, 0.3) is 0 Å². The number of hydrogen-bond acceptors (Lipinski definition) is 1. The van der Waals surface area contributed by atoms with Crippen LogP contribution in [-0.4, -0.2) is 5.25 Å². The largest absolute Gasteiger partial charge is 0.176 e. The molecule has 0 aromatic rings. The lowest BCUT2D eigenvalue weighted by molar-refractivity contribution is 0.673. The predicted molar refractivity (Wildman–Crippen MR) is 42.6 cm³/mol. The zero-order valence-corrected chi connectivity index (χ0v) is 6.75. The Morgan fingerprint density at radius 2 is 2.00 bits per heavy atom. The Morgan fingerprint density at radius 3 is 2.38 bits per heavy atom. The Kier molecular flexibility index (Phi) is 5.73. The molecule has 1 unspecified atom stereocenters. The third-order valence-electron chi connectivity index (χ3n) is 1.36. The highest BCUT2D eigenvalue weighted by molar-refractivity contribution is 7.80. The van der Waals surface area contributed by atoms with Gasteiger partial charge in [-0.2, -0.15) is 12.6 Å². The summed E-state index contributed by atoms with van der Waals surface area (Å²) in [6.07, 6.45) is 5.14. The second-order valence-corrected chi connectivity index (χ2v) is 2.93. The van der Waals surface area contributed by atoms with E-state index in [0.29, 0.717) is 5.25 Å². The quantitative estimate of drug-likeness (QED) is 0.559. The Morgan fingerprint density at radius 1 is 1.38 bits per heavy atom. The first kappa shape index (κ1) is 8.35. The molecule has 0 amide bonds. The molecule has 0 aliphatic rings. The average Bonchev–Trinajstić information content (AvgIpc) is 1.83. The van der Waals surface area contributed by atoms with Crippen molar-refractivity contribution in [3.05, 3.63) is 0 Å². The van der Waals surface area contributed by atoms with Crippen LogP contribution in [0.5, 0.6) is 0 Å². The third kappa shape index (κ3) is 4.51. The Labute approximate surface area is 58.1 Å². The molecule has 0 aromatic carbocycles. The molecule has 0 radical (unpaired) electrons. The third-order valence-corrected chi connectivity index (χ3v) is 1.99. The van der Waals surface area contributed by atoms with Crippen molar-refractivity contribution in [3.63, 3.8) is 0 Å². The molecule has 1 heteroatoms. The van der Waals surface area contributed by atoms with Gasteiger partial charge in [0.2, 0.25) is 0 Å². The van der Waals surface area contributed by atoms with E-state index in [1.165, 1.54) is 25.7 Å². The van der Waals surface area contributed by atoms with Crippen molar-refractivity contribution in [1.29, 1.82) is 0 Å². The molecule has 0 bridgehead atoms. The topological polar surface area (TPSA) is 0 Å². The van der Waals surface area contributed by atoms with E-state index in [1.807, 2.05) is 0 Å². The minimum atomic E-state index is 0.648. The van der Waals surface area contributed by atoms with Crippen molar-refractivity contribution in [2.75, 3.05) is 0 Å². The molecule has 0 N–H and O–H groups in total. The van der Waals surface area contributed by atoms with Crippen molar-refractivity contribution in [3.8, 4) is 0 Å². The molecule has 0 aromatic heterocycles. The molecule has 0 aliphatic heterocycles. The standard InChI is InChI=1S/C7H16S/c1-3-5-6-7(8)4-2/h7-8H,3-6H2,1-2H3. The SMILES string of the molecule is CCCCC(S)CC. The summed E-state index contributed by atoms with van der Waals surface area (Å²) in [5.41, 5.74) is 0. The predicted octanol–water partition coefficient (Wildman–Crippen LogP) is 2.89. The fraction of sp³-hybridized carbons (Fsp3) is 1.00. The molecule has 0 saturated heterocycles. The first-order chi connectivity index (χ1) is 3.81. The van der Waals surface area contributed by atoms with Gasteiger partial charge in [0, 0.05) is 5.25 Å². The van der Waals surface area contributed by atoms with E-state index in [0.717, 1.165) is 0 Å². The van der Waals surface area contributed by atoms with Gasteiger partial charge in [0.1, 0.15) is 0 Å². The van der Waals surface area contributed by atoms with Crippen molar-refractivity contribution in [2.24, 2.45) is 0 Å². The van der Waals surface area contributed by atoms with E-state index < -0.39 is 0 Å². The maximum absolute atomic E-state index is 4.36. The van der Waals surface area contributed by atoms with Gasteiger partial charge in [-0.15, -0.1) is 0 Å². The molecule has 50 valence electrons. The first-order valence-corrected chi connectivity index (χ1v) is 4.01. The normalized spacial score (nSPS) is 13.9. The van der Waals surface area contributed by atoms with Gasteiger partial charge >= 0.3 is 0 Å². The van der Waals surface area contributed by atoms with Crippen LogP contribution < -0.4 is 0 Å². The average molecular weight is 132 g/mol. The smallest absolute Gasteiger partial charge is 0.00141 e. The highest BCUT2D eigenvalue weighted by Crippen LogP contribution is 2.09. The van der Waals surface area contributed by atoms with Crippen LogP contribution in [-0.2, 0) is 0 Å². The van der Waals surface area contributed by atoms with Crippen LogP contribution in [0.2, 0.25) is 0 Å². The number of rotatable bonds is 4. The van der Waals surface area contributed by atoms with Crippen LogP contribution in [0.3, 0.4) is 0 Å². The highest BCUT2D eigenvalue weighted by atomic mass is 32.1. The van der Waals surface area contributed by atoms with Gasteiger partial charge in [0.25, 0.3) is 0 Å². The van der Waals surface area contributed by atoms with Crippen LogP contribution in [0.15, 0.2) is 0 Å². The molecule has 8 heavy (non-hydrogen) atoms. The molecule has 0 heterocycles. The minimum Gasteiger partial charge on any atom is -0.176 e. The molecule has 1 atom stereocenters. The second-order valence-electron chi connectivity index (χ2n) is 2.20. The molecule has 0 aliphatic carbocycles. The van der Waals surface area contributed by atoms with Gasteiger partial charge < -0.3 is 0 Å². The van der Waals surface area contributed by atoms with E-state index >= 15 is 0 Å². The zero-order chi connectivity index (χ0) is 6.41. The second kappa shape index (κ2) is 5.49. The first-order valence-electron chi connectivity index (χ1n) is 3.49. The van der Waals surface area contributed by atoms with E-state index in [4.69, 9.17) is 0 Å². The lowest BCUT2D eigenvalue weighted by Gasteiger charge is -2.03. The summed E-state index contributed by atoms with van der Waals surface area (Å²) in [5, 5.41) is 0.648. The summed E-state index contributed by atoms with van der Waals surface area (Å²) in [5.74, 6) is 0. The minimum absolute atomic E-state index is 0.648. The lowest BCUT2D eigenvalue weighted by Crippen LogP contribution is -1.93. The van der Waals surface area contributed by atoms with Gasteiger partial charge in [0.05, 0.1) is 0 Å². The van der Waals surface area contributed by atoms with E-state index in [9.17, 15) is 0 Å². The van der Waals surface area contributed by atoms with E-state index in [-0.39, 0.29) is 0 Å². The maximum Gasteiger partial charge on any atom is 0.00141 e. The molecule has 0 saturated carbocycles. The summed E-state index contributed by atoms with van der Waals surface area (Å²) >= 11 is 4.36. The van der Waals surface area contributed by atoms with Crippen molar-refractivity contribution < 1.29 is 0 Å². The molecular formula is C7H16S. The Balaban J connectivity index is 2.86. The number of hydrogen-bond donors (Lipinski definition) is 1. The summed E-state index contributed by atoms with van der Waals surface area (Å²) in [6.45, 7) is 4.41. The van der Waals surface area contributed by atoms with E-state index in [1.54, 1.807) is 0 Å². The molecule has 0 rings (SSSR count). The maximum atomic E-state index is 4.36. The van der Waals surface area contributed by atoms with Crippen LogP contribution in [0.1, 0.15) is 39.5 Å². The Hall–Kier alpha value is 0.350. The molecule has 0 fully saturated rings. The summed E-state index contributed by atoms with van der Waals surface area (Å²) < 4.78 is 0. The number of thiol groups is 1. The monoisotopic (exact) mass is 132 g/mol. The van der Waals surface area contributed by atoms with Crippen LogP contribution >= 0.6 is 12.6 Å². The molecular weight excluding hydrogens is 116 g/mol. The van der Waals surface area contributed by atoms with Crippen molar-refractivity contribution >= 4 is 12.6 Å².